The van der Waals surface area contributed by atoms with Gasteiger partial charge >= 0.3 is 0 Å². The fraction of sp³-hybridized carbons (Fsp3) is 0.391. The first-order valence-corrected chi connectivity index (χ1v) is 12.5. The highest BCUT2D eigenvalue weighted by molar-refractivity contribution is 7.89. The summed E-state index contributed by atoms with van der Waals surface area (Å²) in [5.41, 5.74) is 7.11. The van der Waals surface area contributed by atoms with E-state index in [1.54, 1.807) is 0 Å². The topological polar surface area (TPSA) is 122 Å². The number of sulfonamides is 1. The second kappa shape index (κ2) is 9.80. The van der Waals surface area contributed by atoms with Crippen LogP contribution in [0.1, 0.15) is 36.0 Å². The predicted molar refractivity (Wildman–Crippen MR) is 125 cm³/mol. The predicted octanol–water partition coefficient (Wildman–Crippen LogP) is 2.19. The zero-order chi connectivity index (χ0) is 23.4. The molecule has 0 unspecified atom stereocenters. The molecule has 2 aliphatic rings. The van der Waals surface area contributed by atoms with Crippen molar-refractivity contribution in [1.29, 1.82) is 0 Å². The van der Waals surface area contributed by atoms with Crippen LogP contribution in [-0.4, -0.2) is 57.3 Å². The highest BCUT2D eigenvalue weighted by atomic mass is 32.2. The summed E-state index contributed by atoms with van der Waals surface area (Å²) in [7, 11) is -3.71. The molecule has 0 aromatic heterocycles. The van der Waals surface area contributed by atoms with E-state index in [-0.39, 0.29) is 22.8 Å². The Balaban J connectivity index is 1.40. The number of ether oxygens (including phenoxy) is 1. The summed E-state index contributed by atoms with van der Waals surface area (Å²) in [4.78, 5) is 26.6. The second-order valence-electron chi connectivity index (χ2n) is 8.21. The van der Waals surface area contributed by atoms with Crippen molar-refractivity contribution in [2.75, 3.05) is 43.0 Å². The molecule has 33 heavy (non-hydrogen) atoms. The minimum atomic E-state index is -3.71. The normalized spacial score (nSPS) is 16.7. The van der Waals surface area contributed by atoms with Crippen molar-refractivity contribution in [1.82, 2.24) is 4.31 Å². The lowest BCUT2D eigenvalue weighted by Crippen LogP contribution is -2.28. The summed E-state index contributed by atoms with van der Waals surface area (Å²) in [5, 5.41) is 2.75. The van der Waals surface area contributed by atoms with E-state index in [0.29, 0.717) is 18.8 Å². The van der Waals surface area contributed by atoms with Crippen LogP contribution in [0, 0.1) is 0 Å². The van der Waals surface area contributed by atoms with Gasteiger partial charge in [-0.3, -0.25) is 9.59 Å². The molecule has 0 spiro atoms. The van der Waals surface area contributed by atoms with Crippen molar-refractivity contribution in [3.63, 3.8) is 0 Å². The molecule has 2 aromatic carbocycles. The van der Waals surface area contributed by atoms with Gasteiger partial charge in [-0.05, 0) is 68.1 Å². The van der Waals surface area contributed by atoms with Gasteiger partial charge in [-0.15, -0.1) is 0 Å². The summed E-state index contributed by atoms with van der Waals surface area (Å²) < 4.78 is 32.4. The number of amides is 2. The van der Waals surface area contributed by atoms with Gasteiger partial charge in [-0.2, -0.15) is 4.31 Å². The summed E-state index contributed by atoms with van der Waals surface area (Å²) in [5.74, 6) is -1.18. The molecule has 0 atom stereocenters. The Bertz CT molecular complexity index is 1120. The molecule has 176 valence electrons. The monoisotopic (exact) mass is 472 g/mol. The molecule has 9 nitrogen and oxygen atoms in total. The van der Waals surface area contributed by atoms with Crippen LogP contribution in [0.3, 0.4) is 0 Å². The zero-order valence-electron chi connectivity index (χ0n) is 18.3. The van der Waals surface area contributed by atoms with E-state index in [0.717, 1.165) is 31.6 Å². The van der Waals surface area contributed by atoms with Gasteiger partial charge < -0.3 is 20.7 Å². The Morgan fingerprint density at radius 3 is 2.21 bits per heavy atom. The van der Waals surface area contributed by atoms with Crippen LogP contribution >= 0.6 is 0 Å². The first-order chi connectivity index (χ1) is 15.8. The van der Waals surface area contributed by atoms with Crippen molar-refractivity contribution >= 4 is 33.2 Å². The van der Waals surface area contributed by atoms with E-state index in [1.807, 2.05) is 24.3 Å². The fourth-order valence-corrected chi connectivity index (χ4v) is 5.68. The molecular formula is C23H28N4O5S. The lowest BCUT2D eigenvalue weighted by Gasteiger charge is -2.18. The first kappa shape index (κ1) is 23.1. The minimum Gasteiger partial charge on any atom is -0.483 e. The van der Waals surface area contributed by atoms with Crippen molar-refractivity contribution in [3.05, 3.63) is 48.0 Å². The Kier molecular flexibility index (Phi) is 6.85. The Morgan fingerprint density at radius 2 is 1.58 bits per heavy atom. The molecule has 4 rings (SSSR count). The number of nitrogens with zero attached hydrogens (tertiary/aromatic N) is 2. The summed E-state index contributed by atoms with van der Waals surface area (Å²) in [6.45, 7) is 2.63. The van der Waals surface area contributed by atoms with E-state index in [1.165, 1.54) is 35.3 Å². The number of carbonyl (C=O) groups is 2. The summed E-state index contributed by atoms with van der Waals surface area (Å²) in [6.07, 6.45) is 3.99. The number of anilines is 2. The Labute approximate surface area is 193 Å². The van der Waals surface area contributed by atoms with Crippen molar-refractivity contribution < 1.29 is 22.7 Å². The summed E-state index contributed by atoms with van der Waals surface area (Å²) >= 11 is 0. The highest BCUT2D eigenvalue weighted by Gasteiger charge is 2.28. The second-order valence-corrected chi connectivity index (χ2v) is 10.1. The maximum absolute atomic E-state index is 12.8. The van der Waals surface area contributed by atoms with Gasteiger partial charge in [0.05, 0.1) is 10.5 Å². The maximum Gasteiger partial charge on any atom is 0.262 e. The van der Waals surface area contributed by atoms with E-state index < -0.39 is 21.8 Å². The lowest BCUT2D eigenvalue weighted by molar-refractivity contribution is -0.118. The third-order valence-electron chi connectivity index (χ3n) is 5.90. The third kappa shape index (κ3) is 5.28. The molecule has 2 aliphatic heterocycles. The van der Waals surface area contributed by atoms with Gasteiger partial charge in [0.25, 0.3) is 11.8 Å². The molecule has 2 aromatic rings. The van der Waals surface area contributed by atoms with Gasteiger partial charge in [0.1, 0.15) is 5.75 Å². The first-order valence-electron chi connectivity index (χ1n) is 11.1. The van der Waals surface area contributed by atoms with Crippen LogP contribution in [0.15, 0.2) is 47.4 Å². The van der Waals surface area contributed by atoms with Gasteiger partial charge in [0, 0.05) is 37.6 Å². The molecule has 0 bridgehead atoms. The van der Waals surface area contributed by atoms with Crippen molar-refractivity contribution in [2.24, 2.45) is 5.73 Å². The number of nitrogens with one attached hydrogen (secondary N) is 1. The average Bonchev–Trinajstić information content (AvgIpc) is 3.53. The van der Waals surface area contributed by atoms with Gasteiger partial charge in [-0.1, -0.05) is 0 Å². The molecular weight excluding hydrogens is 444 g/mol. The van der Waals surface area contributed by atoms with Crippen LogP contribution in [0.2, 0.25) is 0 Å². The molecule has 2 amide bonds. The SMILES string of the molecule is NC(=O)c1cc(S(=O)(=O)N2CCCC2)ccc1OCC(=O)Nc1ccc(N2CCCC2)cc1. The largest absolute Gasteiger partial charge is 0.483 e. The lowest BCUT2D eigenvalue weighted by atomic mass is 10.2. The number of rotatable bonds is 8. The number of hydrogen-bond acceptors (Lipinski definition) is 6. The molecule has 2 fully saturated rings. The number of hydrogen-bond donors (Lipinski definition) is 2. The molecule has 0 radical (unpaired) electrons. The Morgan fingerprint density at radius 1 is 0.939 bits per heavy atom. The van der Waals surface area contributed by atoms with Crippen molar-refractivity contribution in [3.8, 4) is 5.75 Å². The molecule has 0 saturated carbocycles. The quantitative estimate of drug-likeness (QED) is 0.607. The van der Waals surface area contributed by atoms with E-state index in [4.69, 9.17) is 10.5 Å². The van der Waals surface area contributed by atoms with E-state index in [2.05, 4.69) is 10.2 Å². The Hall–Kier alpha value is -3.11. The van der Waals surface area contributed by atoms with Crippen LogP contribution in [0.4, 0.5) is 11.4 Å². The van der Waals surface area contributed by atoms with Crippen molar-refractivity contribution in [2.45, 2.75) is 30.6 Å². The van der Waals surface area contributed by atoms with Gasteiger partial charge in [0.2, 0.25) is 10.0 Å². The van der Waals surface area contributed by atoms with Gasteiger partial charge in [-0.25, -0.2) is 8.42 Å². The zero-order valence-corrected chi connectivity index (χ0v) is 19.1. The van der Waals surface area contributed by atoms with E-state index >= 15 is 0 Å². The number of nitrogens with two attached hydrogens (primary N) is 1. The smallest absolute Gasteiger partial charge is 0.262 e. The summed E-state index contributed by atoms with van der Waals surface area (Å²) in [6, 6.07) is 11.5. The standard InChI is InChI=1S/C23H28N4O5S/c24-23(29)20-15-19(33(30,31)27-13-3-4-14-27)9-10-21(20)32-16-22(28)25-17-5-7-18(8-6-17)26-11-1-2-12-26/h5-10,15H,1-4,11-14,16H2,(H2,24,29)(H,25,28). The number of benzene rings is 2. The van der Waals surface area contributed by atoms with Gasteiger partial charge in [0.15, 0.2) is 6.61 Å². The molecule has 10 heteroatoms. The minimum absolute atomic E-state index is 0.0203. The fourth-order valence-electron chi connectivity index (χ4n) is 4.14. The number of primary amides is 1. The highest BCUT2D eigenvalue weighted by Crippen LogP contribution is 2.27. The van der Waals surface area contributed by atoms with Crippen LogP contribution < -0.4 is 20.7 Å². The van der Waals surface area contributed by atoms with E-state index in [9.17, 15) is 18.0 Å². The third-order valence-corrected chi connectivity index (χ3v) is 7.79. The van der Waals surface area contributed by atoms with Crippen LogP contribution in [-0.2, 0) is 14.8 Å². The molecule has 0 aliphatic carbocycles. The van der Waals surface area contributed by atoms with Crippen LogP contribution in [0.5, 0.6) is 5.75 Å². The molecule has 3 N–H and O–H groups in total. The number of carbonyl (C=O) groups excluding carboxylic acids is 2. The average molecular weight is 473 g/mol. The maximum atomic E-state index is 12.8. The van der Waals surface area contributed by atoms with Crippen LogP contribution in [0.25, 0.3) is 0 Å². The molecule has 2 heterocycles. The molecule has 2 saturated heterocycles.